The molecule has 10 nitrogen and oxygen atoms in total. The van der Waals surface area contributed by atoms with Gasteiger partial charge in [0.25, 0.3) is 0 Å². The van der Waals surface area contributed by atoms with Crippen molar-refractivity contribution in [2.45, 2.75) is 38.5 Å². The maximum atomic E-state index is 9.12. The number of aromatic nitrogens is 6. The third kappa shape index (κ3) is 10.8. The van der Waals surface area contributed by atoms with Crippen molar-refractivity contribution in [2.24, 2.45) is 0 Å². The van der Waals surface area contributed by atoms with Crippen LogP contribution in [-0.4, -0.2) is 42.6 Å². The van der Waals surface area contributed by atoms with Gasteiger partial charge in [-0.2, -0.15) is 0 Å². The van der Waals surface area contributed by atoms with E-state index in [1.807, 2.05) is 188 Å². The Labute approximate surface area is 564 Å². The molecule has 18 rings (SSSR count). The molecular formula is C84H59BBrN6O4. The van der Waals surface area contributed by atoms with E-state index < -0.39 is 0 Å². The quantitative estimate of drug-likeness (QED) is 0.139. The van der Waals surface area contributed by atoms with Crippen LogP contribution in [0.1, 0.15) is 49.9 Å². The SMILES string of the molecule is Brc1ccc(-c2nc(-c3ccccc3)nc(-c3ccccc3)n2)cc1.CC1(C)c2cc3c(cc2-c2cccc(-c4ccc(-c5nc(-c6ccccc6)nc(-c6ccccc6)n5)cc4)c21)oc1ccccc13.CC1(C)c2cc3c(cc2-c2cccc(O[B]O)c21)oc1ccccc13. The third-order valence-electron chi connectivity index (χ3n) is 18.4. The molecule has 16 aromatic rings. The Kier molecular flexibility index (Phi) is 15.2. The van der Waals surface area contributed by atoms with Gasteiger partial charge in [0.15, 0.2) is 34.9 Å². The standard InChI is InChI=1S/C42H29N3O.C21H16BO3.C21H14BrN3/c1-42(2)35-24-34-31-16-9-10-19-36(31)46-37(34)25-33(35)32-18-11-17-30(38(32)42)26-20-22-29(23-21-26)41-44-39(27-12-5-3-6-13-27)43-40(45-41)28-14-7-4-8-15-28;1-21(2)16-10-15-12-6-3-4-8-17(12)24-19(15)11-14(16)13-7-5-9-18(20(13)21)25-22-23;22-18-13-11-17(12-14-18)21-24-19(15-7-3-1-4-8-15)23-20(25-21)16-9-5-2-6-10-16/h3-25H,1-2H3;3-11,23H,1-2H3;1-14H. The molecule has 96 heavy (non-hydrogen) atoms. The largest absolute Gasteiger partial charge is 0.569 e. The van der Waals surface area contributed by atoms with Gasteiger partial charge in [-0.3, -0.25) is 0 Å². The van der Waals surface area contributed by atoms with Gasteiger partial charge in [-0.15, -0.1) is 0 Å². The highest BCUT2D eigenvalue weighted by atomic mass is 79.9. The maximum absolute atomic E-state index is 9.12. The van der Waals surface area contributed by atoms with E-state index in [2.05, 4.69) is 140 Å². The molecule has 0 spiro atoms. The number of nitrogens with zero attached hydrogens (tertiary/aromatic N) is 6. The average molecular weight is 1310 g/mol. The summed E-state index contributed by atoms with van der Waals surface area (Å²) in [5, 5.41) is 13.7. The second kappa shape index (κ2) is 24.5. The van der Waals surface area contributed by atoms with E-state index in [0.717, 1.165) is 106 Å². The molecule has 0 aliphatic heterocycles. The Morgan fingerprint density at radius 3 is 1.06 bits per heavy atom. The molecule has 0 bridgehead atoms. The highest BCUT2D eigenvalue weighted by Gasteiger charge is 2.40. The monoisotopic (exact) mass is 1310 g/mol. The third-order valence-corrected chi connectivity index (χ3v) is 19.0. The van der Waals surface area contributed by atoms with Gasteiger partial charge < -0.3 is 18.5 Å². The van der Waals surface area contributed by atoms with Crippen LogP contribution in [0.15, 0.2) is 292 Å². The van der Waals surface area contributed by atoms with E-state index in [4.69, 9.17) is 43.4 Å². The van der Waals surface area contributed by atoms with Gasteiger partial charge >= 0.3 is 7.69 Å². The lowest BCUT2D eigenvalue weighted by Gasteiger charge is -2.24. The van der Waals surface area contributed by atoms with E-state index in [0.29, 0.717) is 40.7 Å². The first-order valence-electron chi connectivity index (χ1n) is 31.9. The van der Waals surface area contributed by atoms with Gasteiger partial charge in [0.1, 0.15) is 28.1 Å². The van der Waals surface area contributed by atoms with Crippen LogP contribution in [0, 0.1) is 0 Å². The lowest BCUT2D eigenvalue weighted by Crippen LogP contribution is -2.17. The van der Waals surface area contributed by atoms with E-state index in [1.165, 1.54) is 38.8 Å². The fourth-order valence-corrected chi connectivity index (χ4v) is 14.1. The van der Waals surface area contributed by atoms with Crippen molar-refractivity contribution >= 4 is 67.5 Å². The fourth-order valence-electron chi connectivity index (χ4n) is 13.8. The number of fused-ring (bicyclic) bond motifs is 12. The Hall–Kier alpha value is -11.4. The van der Waals surface area contributed by atoms with Gasteiger partial charge in [0.2, 0.25) is 0 Å². The molecule has 0 unspecified atom stereocenters. The fraction of sp³-hybridized carbons (Fsp3) is 0.0714. The van der Waals surface area contributed by atoms with Gasteiger partial charge in [-0.1, -0.05) is 268 Å². The molecule has 0 saturated carbocycles. The molecule has 1 radical (unpaired) electrons. The molecule has 0 fully saturated rings. The average Bonchev–Trinajstić information content (AvgIpc) is 1.57. The van der Waals surface area contributed by atoms with E-state index >= 15 is 0 Å². The van der Waals surface area contributed by atoms with Crippen LogP contribution in [0.2, 0.25) is 0 Å². The number of benzene rings is 12. The first-order valence-corrected chi connectivity index (χ1v) is 32.7. The summed E-state index contributed by atoms with van der Waals surface area (Å²) >= 11 is 3.47. The summed E-state index contributed by atoms with van der Waals surface area (Å²) in [5.74, 6) is 4.67. The van der Waals surface area contributed by atoms with Crippen molar-refractivity contribution in [3.05, 3.63) is 306 Å². The number of hydrogen-bond acceptors (Lipinski definition) is 10. The zero-order valence-corrected chi connectivity index (χ0v) is 54.5. The normalized spacial score (nSPS) is 12.9. The summed E-state index contributed by atoms with van der Waals surface area (Å²) in [6, 6.07) is 94.7. The Bertz CT molecular complexity index is 5490. The molecule has 4 aromatic heterocycles. The van der Waals surface area contributed by atoms with Crippen LogP contribution in [0.25, 0.3) is 146 Å². The number of furan rings is 2. The minimum atomic E-state index is -0.225. The first-order chi connectivity index (χ1) is 46.9. The van der Waals surface area contributed by atoms with Crippen LogP contribution < -0.4 is 4.65 Å². The van der Waals surface area contributed by atoms with Gasteiger partial charge in [-0.25, -0.2) is 29.9 Å². The molecule has 1 N–H and O–H groups in total. The van der Waals surface area contributed by atoms with Crippen LogP contribution in [-0.2, 0) is 10.8 Å². The Morgan fingerprint density at radius 1 is 0.312 bits per heavy atom. The van der Waals surface area contributed by atoms with Crippen molar-refractivity contribution in [2.75, 3.05) is 0 Å². The zero-order valence-electron chi connectivity index (χ0n) is 52.9. The van der Waals surface area contributed by atoms with Crippen LogP contribution >= 0.6 is 15.9 Å². The smallest absolute Gasteiger partial charge is 0.537 e. The predicted octanol–water partition coefficient (Wildman–Crippen LogP) is 21.2. The Morgan fingerprint density at radius 2 is 0.646 bits per heavy atom. The predicted molar refractivity (Wildman–Crippen MR) is 390 cm³/mol. The van der Waals surface area contributed by atoms with Gasteiger partial charge in [0.05, 0.1) is 0 Å². The molecule has 12 heteroatoms. The Balaban J connectivity index is 0.000000123. The zero-order chi connectivity index (χ0) is 65.1. The van der Waals surface area contributed by atoms with Crippen molar-refractivity contribution in [1.82, 2.24) is 29.9 Å². The number of halogens is 1. The lowest BCUT2D eigenvalue weighted by atomic mass is 9.78. The minimum Gasteiger partial charge on any atom is -0.537 e. The second-order valence-electron chi connectivity index (χ2n) is 25.0. The molecule has 0 atom stereocenters. The van der Waals surface area contributed by atoms with E-state index in [9.17, 15) is 0 Å². The summed E-state index contributed by atoms with van der Waals surface area (Å²) in [6.07, 6.45) is 0. The maximum Gasteiger partial charge on any atom is 0.569 e. The van der Waals surface area contributed by atoms with Crippen molar-refractivity contribution < 1.29 is 18.5 Å². The summed E-state index contributed by atoms with van der Waals surface area (Å²) in [4.78, 5) is 28.8. The molecule has 0 saturated heterocycles. The number of rotatable bonds is 9. The van der Waals surface area contributed by atoms with Crippen LogP contribution in [0.5, 0.6) is 5.75 Å². The highest BCUT2D eigenvalue weighted by molar-refractivity contribution is 9.10. The number of hydrogen-bond donors (Lipinski definition) is 1. The lowest BCUT2D eigenvalue weighted by molar-refractivity contribution is 0.445. The van der Waals surface area contributed by atoms with Gasteiger partial charge in [0, 0.05) is 75.8 Å². The second-order valence-corrected chi connectivity index (χ2v) is 25.9. The summed E-state index contributed by atoms with van der Waals surface area (Å²) in [7, 11) is 0.744. The molecule has 459 valence electrons. The van der Waals surface area contributed by atoms with Crippen LogP contribution in [0.3, 0.4) is 0 Å². The summed E-state index contributed by atoms with van der Waals surface area (Å²) in [5.41, 5.74) is 21.2. The molecule has 2 aliphatic carbocycles. The van der Waals surface area contributed by atoms with E-state index in [1.54, 1.807) is 0 Å². The molecular weight excluding hydrogens is 1250 g/mol. The number of para-hydroxylation sites is 2. The topological polar surface area (TPSA) is 133 Å². The van der Waals surface area contributed by atoms with Crippen molar-refractivity contribution in [3.63, 3.8) is 0 Å². The highest BCUT2D eigenvalue weighted by Crippen LogP contribution is 2.55. The molecule has 2 aliphatic rings. The van der Waals surface area contributed by atoms with E-state index in [-0.39, 0.29) is 10.8 Å². The van der Waals surface area contributed by atoms with Crippen molar-refractivity contribution in [3.8, 4) is 107 Å². The summed E-state index contributed by atoms with van der Waals surface area (Å²) in [6.45, 7) is 9.06. The first kappa shape index (κ1) is 59.6. The summed E-state index contributed by atoms with van der Waals surface area (Å²) < 4.78 is 18.7. The van der Waals surface area contributed by atoms with Crippen molar-refractivity contribution in [1.29, 1.82) is 0 Å². The van der Waals surface area contributed by atoms with Crippen LogP contribution in [0.4, 0.5) is 0 Å². The minimum absolute atomic E-state index is 0.185. The molecule has 0 amide bonds. The van der Waals surface area contributed by atoms with Gasteiger partial charge in [-0.05, 0) is 105 Å². The molecule has 4 heterocycles. The molecule has 12 aromatic carbocycles.